The lowest BCUT2D eigenvalue weighted by Gasteiger charge is -2.47. The van der Waals surface area contributed by atoms with Gasteiger partial charge in [-0.15, -0.1) is 0 Å². The molecule has 3 heteroatoms. The van der Waals surface area contributed by atoms with Crippen LogP contribution in [0.4, 0.5) is 0 Å². The third-order valence-electron chi connectivity index (χ3n) is 3.80. The smallest absolute Gasteiger partial charge is 0.119 e. The van der Waals surface area contributed by atoms with Crippen LogP contribution in [-0.4, -0.2) is 32.0 Å². The van der Waals surface area contributed by atoms with Gasteiger partial charge >= 0.3 is 0 Å². The second kappa shape index (κ2) is 4.04. The summed E-state index contributed by atoms with van der Waals surface area (Å²) in [7, 11) is 0. The summed E-state index contributed by atoms with van der Waals surface area (Å²) in [5.74, 6) is 0.662. The Morgan fingerprint density at radius 3 is 2.33 bits per heavy atom. The first kappa shape index (κ1) is 11.4. The molecule has 2 aliphatic rings. The zero-order valence-electron chi connectivity index (χ0n) is 10.2. The van der Waals surface area contributed by atoms with Crippen LogP contribution in [0, 0.1) is 11.3 Å². The summed E-state index contributed by atoms with van der Waals surface area (Å²) >= 11 is 0. The zero-order chi connectivity index (χ0) is 10.9. The molecule has 2 aliphatic heterocycles. The van der Waals surface area contributed by atoms with Crippen LogP contribution >= 0.6 is 0 Å². The average molecular weight is 212 g/mol. The van der Waals surface area contributed by atoms with E-state index >= 15 is 0 Å². The SMILES string of the molecule is CC1(C)CNC(C)(C2CCNCC2)OC1. The van der Waals surface area contributed by atoms with E-state index in [0.717, 1.165) is 26.2 Å². The van der Waals surface area contributed by atoms with Gasteiger partial charge in [-0.1, -0.05) is 13.8 Å². The predicted molar refractivity (Wildman–Crippen MR) is 61.7 cm³/mol. The molecule has 2 saturated heterocycles. The van der Waals surface area contributed by atoms with Crippen LogP contribution in [0.1, 0.15) is 33.6 Å². The highest BCUT2D eigenvalue weighted by Crippen LogP contribution is 2.33. The van der Waals surface area contributed by atoms with Crippen LogP contribution < -0.4 is 10.6 Å². The summed E-state index contributed by atoms with van der Waals surface area (Å²) in [4.78, 5) is 0. The van der Waals surface area contributed by atoms with Crippen LogP contribution in [-0.2, 0) is 4.74 Å². The number of hydrogen-bond donors (Lipinski definition) is 2. The quantitative estimate of drug-likeness (QED) is 0.688. The molecule has 88 valence electrons. The summed E-state index contributed by atoms with van der Waals surface area (Å²) in [6, 6.07) is 0. The molecule has 2 heterocycles. The van der Waals surface area contributed by atoms with E-state index in [4.69, 9.17) is 4.74 Å². The normalized spacial score (nSPS) is 37.8. The fourth-order valence-corrected chi connectivity index (χ4v) is 2.50. The molecular weight excluding hydrogens is 188 g/mol. The molecule has 0 aromatic heterocycles. The summed E-state index contributed by atoms with van der Waals surface area (Å²) in [6.45, 7) is 10.9. The van der Waals surface area contributed by atoms with Crippen LogP contribution in [0.15, 0.2) is 0 Å². The van der Waals surface area contributed by atoms with Crippen molar-refractivity contribution in [2.45, 2.75) is 39.3 Å². The Labute approximate surface area is 93.0 Å². The van der Waals surface area contributed by atoms with Crippen molar-refractivity contribution >= 4 is 0 Å². The Hall–Kier alpha value is -0.120. The van der Waals surface area contributed by atoms with Crippen molar-refractivity contribution in [1.82, 2.24) is 10.6 Å². The van der Waals surface area contributed by atoms with Gasteiger partial charge in [-0.25, -0.2) is 0 Å². The maximum atomic E-state index is 6.08. The number of nitrogens with one attached hydrogen (secondary N) is 2. The molecule has 15 heavy (non-hydrogen) atoms. The lowest BCUT2D eigenvalue weighted by Crippen LogP contribution is -2.60. The average Bonchev–Trinajstić information content (AvgIpc) is 2.24. The van der Waals surface area contributed by atoms with E-state index in [1.165, 1.54) is 12.8 Å². The number of hydrogen-bond acceptors (Lipinski definition) is 3. The van der Waals surface area contributed by atoms with E-state index in [1.807, 2.05) is 0 Å². The molecule has 0 aliphatic carbocycles. The largest absolute Gasteiger partial charge is 0.360 e. The summed E-state index contributed by atoms with van der Waals surface area (Å²) in [5.41, 5.74) is 0.198. The fourth-order valence-electron chi connectivity index (χ4n) is 2.50. The van der Waals surface area contributed by atoms with E-state index in [9.17, 15) is 0 Å². The lowest BCUT2D eigenvalue weighted by molar-refractivity contribution is -0.161. The Balaban J connectivity index is 1.95. The topological polar surface area (TPSA) is 33.3 Å². The molecule has 0 aromatic carbocycles. The van der Waals surface area contributed by atoms with Gasteiger partial charge in [0.05, 0.1) is 6.61 Å². The van der Waals surface area contributed by atoms with Gasteiger partial charge in [-0.05, 0) is 32.9 Å². The summed E-state index contributed by atoms with van der Waals surface area (Å²) in [5, 5.41) is 7.01. The van der Waals surface area contributed by atoms with Gasteiger partial charge in [0.25, 0.3) is 0 Å². The highest BCUT2D eigenvalue weighted by atomic mass is 16.5. The van der Waals surface area contributed by atoms with Gasteiger partial charge < -0.3 is 10.1 Å². The standard InChI is InChI=1S/C12H24N2O/c1-11(2)8-14-12(3,15-9-11)10-4-6-13-7-5-10/h10,13-14H,4-9H2,1-3H3. The molecule has 0 bridgehead atoms. The monoisotopic (exact) mass is 212 g/mol. The molecule has 2 N–H and O–H groups in total. The van der Waals surface area contributed by atoms with Crippen molar-refractivity contribution in [2.75, 3.05) is 26.2 Å². The molecule has 0 saturated carbocycles. The van der Waals surface area contributed by atoms with Gasteiger partial charge in [0.2, 0.25) is 0 Å². The van der Waals surface area contributed by atoms with Gasteiger partial charge in [-0.3, -0.25) is 5.32 Å². The molecule has 0 spiro atoms. The molecule has 3 nitrogen and oxygen atoms in total. The summed E-state index contributed by atoms with van der Waals surface area (Å²) < 4.78 is 6.08. The van der Waals surface area contributed by atoms with Crippen LogP contribution in [0.3, 0.4) is 0 Å². The van der Waals surface area contributed by atoms with Gasteiger partial charge in [0.15, 0.2) is 0 Å². The van der Waals surface area contributed by atoms with E-state index in [-0.39, 0.29) is 11.1 Å². The molecule has 1 atom stereocenters. The van der Waals surface area contributed by atoms with Crippen molar-refractivity contribution in [3.05, 3.63) is 0 Å². The zero-order valence-corrected chi connectivity index (χ0v) is 10.2. The van der Waals surface area contributed by atoms with E-state index < -0.39 is 0 Å². The van der Waals surface area contributed by atoms with Crippen LogP contribution in [0.5, 0.6) is 0 Å². The second-order valence-corrected chi connectivity index (χ2v) is 5.94. The first-order valence-corrected chi connectivity index (χ1v) is 6.12. The summed E-state index contributed by atoms with van der Waals surface area (Å²) in [6.07, 6.45) is 2.45. The minimum Gasteiger partial charge on any atom is -0.360 e. The van der Waals surface area contributed by atoms with Gasteiger partial charge in [-0.2, -0.15) is 0 Å². The minimum atomic E-state index is -0.0857. The van der Waals surface area contributed by atoms with E-state index in [2.05, 4.69) is 31.4 Å². The highest BCUT2D eigenvalue weighted by Gasteiger charge is 2.41. The number of rotatable bonds is 1. The van der Waals surface area contributed by atoms with Crippen molar-refractivity contribution in [3.63, 3.8) is 0 Å². The first-order chi connectivity index (χ1) is 7.02. The Bertz CT molecular complexity index is 212. The van der Waals surface area contributed by atoms with E-state index in [1.54, 1.807) is 0 Å². The fraction of sp³-hybridized carbons (Fsp3) is 1.00. The molecule has 0 radical (unpaired) electrons. The van der Waals surface area contributed by atoms with Crippen LogP contribution in [0.2, 0.25) is 0 Å². The van der Waals surface area contributed by atoms with Gasteiger partial charge in [0.1, 0.15) is 5.72 Å². The Morgan fingerprint density at radius 2 is 1.80 bits per heavy atom. The first-order valence-electron chi connectivity index (χ1n) is 6.12. The highest BCUT2D eigenvalue weighted by molar-refractivity contribution is 4.91. The molecule has 0 aromatic rings. The third-order valence-corrected chi connectivity index (χ3v) is 3.80. The Kier molecular flexibility index (Phi) is 3.06. The van der Waals surface area contributed by atoms with Crippen molar-refractivity contribution < 1.29 is 4.74 Å². The van der Waals surface area contributed by atoms with Crippen molar-refractivity contribution in [2.24, 2.45) is 11.3 Å². The van der Waals surface area contributed by atoms with Crippen molar-refractivity contribution in [3.8, 4) is 0 Å². The minimum absolute atomic E-state index is 0.0857. The molecular formula is C12H24N2O. The maximum absolute atomic E-state index is 6.08. The molecule has 2 rings (SSSR count). The van der Waals surface area contributed by atoms with Crippen molar-refractivity contribution in [1.29, 1.82) is 0 Å². The van der Waals surface area contributed by atoms with Crippen LogP contribution in [0.25, 0.3) is 0 Å². The van der Waals surface area contributed by atoms with Gasteiger partial charge in [0, 0.05) is 17.9 Å². The molecule has 2 fully saturated rings. The predicted octanol–water partition coefficient (Wildman–Crippen LogP) is 1.35. The number of ether oxygens (including phenoxy) is 1. The second-order valence-electron chi connectivity index (χ2n) is 5.94. The number of piperidine rings is 1. The Morgan fingerprint density at radius 1 is 1.13 bits per heavy atom. The maximum Gasteiger partial charge on any atom is 0.119 e. The third kappa shape index (κ3) is 2.52. The lowest BCUT2D eigenvalue weighted by atomic mass is 9.84. The molecule has 1 unspecified atom stereocenters. The molecule has 0 amide bonds. The van der Waals surface area contributed by atoms with E-state index in [0.29, 0.717) is 5.92 Å².